The van der Waals surface area contributed by atoms with E-state index in [0.717, 1.165) is 42.4 Å². The summed E-state index contributed by atoms with van der Waals surface area (Å²) in [5.74, 6) is 1.33. The normalized spacial score (nSPS) is 16.4. The lowest BCUT2D eigenvalue weighted by Crippen LogP contribution is -2.47. The van der Waals surface area contributed by atoms with Crippen molar-refractivity contribution in [3.05, 3.63) is 60.0 Å². The molecule has 0 radical (unpaired) electrons. The molecule has 0 N–H and O–H groups in total. The predicted molar refractivity (Wildman–Crippen MR) is 116 cm³/mol. The van der Waals surface area contributed by atoms with Crippen molar-refractivity contribution >= 4 is 26.7 Å². The summed E-state index contributed by atoms with van der Waals surface area (Å²) in [4.78, 5) is 14.2. The summed E-state index contributed by atoms with van der Waals surface area (Å²) in [5, 5.41) is 5.30. The van der Waals surface area contributed by atoms with E-state index in [0.29, 0.717) is 11.7 Å². The summed E-state index contributed by atoms with van der Waals surface area (Å²) in [6.45, 7) is 7.99. The van der Waals surface area contributed by atoms with Crippen LogP contribution in [0.1, 0.15) is 24.4 Å². The number of hydrogen-bond acceptors (Lipinski definition) is 7. The molecule has 6 nitrogen and oxygen atoms in total. The lowest BCUT2D eigenvalue weighted by atomic mass is 10.1. The Bertz CT molecular complexity index is 1080. The Labute approximate surface area is 173 Å². The van der Waals surface area contributed by atoms with Gasteiger partial charge >= 0.3 is 0 Å². The van der Waals surface area contributed by atoms with Crippen molar-refractivity contribution in [2.24, 2.45) is 0 Å². The molecule has 4 aromatic rings. The Kier molecular flexibility index (Phi) is 4.77. The molecule has 1 aliphatic rings. The zero-order valence-corrected chi connectivity index (χ0v) is 17.4. The highest BCUT2D eigenvalue weighted by atomic mass is 32.1. The van der Waals surface area contributed by atoms with Gasteiger partial charge in [0.1, 0.15) is 0 Å². The van der Waals surface area contributed by atoms with Gasteiger partial charge in [0.25, 0.3) is 0 Å². The first-order chi connectivity index (χ1) is 14.2. The molecule has 5 rings (SSSR count). The molecule has 1 fully saturated rings. The number of aromatic nitrogens is 3. The molecule has 1 aliphatic heterocycles. The highest BCUT2D eigenvalue weighted by molar-refractivity contribution is 7.22. The van der Waals surface area contributed by atoms with Crippen molar-refractivity contribution in [2.75, 3.05) is 31.1 Å². The van der Waals surface area contributed by atoms with Crippen molar-refractivity contribution in [3.63, 3.8) is 0 Å². The van der Waals surface area contributed by atoms with Crippen LogP contribution >= 0.6 is 11.3 Å². The van der Waals surface area contributed by atoms with E-state index >= 15 is 0 Å². The molecule has 0 spiro atoms. The lowest BCUT2D eigenvalue weighted by Gasteiger charge is -2.36. The molecule has 0 aliphatic carbocycles. The quantitative estimate of drug-likeness (QED) is 0.497. The predicted octanol–water partition coefficient (Wildman–Crippen LogP) is 4.54. The van der Waals surface area contributed by atoms with Gasteiger partial charge in [-0.05, 0) is 26.0 Å². The van der Waals surface area contributed by atoms with E-state index in [-0.39, 0.29) is 6.04 Å². The second kappa shape index (κ2) is 7.57. The monoisotopic (exact) mass is 405 g/mol. The number of benzene rings is 2. The molecule has 3 heterocycles. The molecular weight excluding hydrogens is 382 g/mol. The third kappa shape index (κ3) is 3.63. The van der Waals surface area contributed by atoms with Crippen LogP contribution in [0.25, 0.3) is 21.6 Å². The highest BCUT2D eigenvalue weighted by Crippen LogP contribution is 2.30. The second-order valence-corrected chi connectivity index (χ2v) is 8.49. The number of nitrogens with zero attached hydrogens (tertiary/aromatic N) is 5. The minimum atomic E-state index is 0.0965. The van der Waals surface area contributed by atoms with E-state index in [1.165, 1.54) is 10.3 Å². The van der Waals surface area contributed by atoms with Crippen LogP contribution in [0.15, 0.2) is 53.1 Å². The lowest BCUT2D eigenvalue weighted by molar-refractivity contribution is 0.164. The standard InChI is InChI=1S/C22H23N5OS/c1-15-7-9-17(10-8-15)20-24-21(28-25-20)16(2)26-11-13-27(14-12-26)22-23-18-5-3-4-6-19(18)29-22/h3-10,16H,11-14H2,1-2H3/t16-/m1/s1. The van der Waals surface area contributed by atoms with E-state index in [2.05, 4.69) is 64.1 Å². The molecular formula is C22H23N5OS. The number of thiazole rings is 1. The van der Waals surface area contributed by atoms with Crippen LogP contribution in [0.2, 0.25) is 0 Å². The summed E-state index contributed by atoms with van der Waals surface area (Å²) in [6, 6.07) is 16.6. The van der Waals surface area contributed by atoms with Gasteiger partial charge in [0.15, 0.2) is 5.13 Å². The maximum absolute atomic E-state index is 5.59. The Morgan fingerprint density at radius 2 is 1.72 bits per heavy atom. The van der Waals surface area contributed by atoms with E-state index in [1.807, 2.05) is 18.2 Å². The zero-order chi connectivity index (χ0) is 19.8. The Balaban J connectivity index is 1.25. The third-order valence-corrected chi connectivity index (χ3v) is 6.62. The SMILES string of the molecule is Cc1ccc(-c2noc([C@@H](C)N3CCN(c4nc5ccccc5s4)CC3)n2)cc1. The van der Waals surface area contributed by atoms with Crippen LogP contribution in [0.5, 0.6) is 0 Å². The number of hydrogen-bond donors (Lipinski definition) is 0. The Morgan fingerprint density at radius 3 is 2.48 bits per heavy atom. The highest BCUT2D eigenvalue weighted by Gasteiger charge is 2.27. The average molecular weight is 406 g/mol. The minimum absolute atomic E-state index is 0.0965. The van der Waals surface area contributed by atoms with Crippen molar-refractivity contribution in [1.82, 2.24) is 20.0 Å². The van der Waals surface area contributed by atoms with Crippen molar-refractivity contribution in [1.29, 1.82) is 0 Å². The number of para-hydroxylation sites is 1. The first kappa shape index (κ1) is 18.3. The number of anilines is 1. The number of fused-ring (bicyclic) bond motifs is 1. The van der Waals surface area contributed by atoms with E-state index in [1.54, 1.807) is 11.3 Å². The fourth-order valence-electron chi connectivity index (χ4n) is 3.68. The first-order valence-corrected chi connectivity index (χ1v) is 10.7. The molecule has 0 bridgehead atoms. The molecule has 2 aromatic heterocycles. The fraction of sp³-hybridized carbons (Fsp3) is 0.318. The van der Waals surface area contributed by atoms with Crippen molar-refractivity contribution < 1.29 is 4.52 Å². The molecule has 0 saturated carbocycles. The minimum Gasteiger partial charge on any atom is -0.345 e. The maximum atomic E-state index is 5.59. The van der Waals surface area contributed by atoms with Gasteiger partial charge in [-0.15, -0.1) is 0 Å². The van der Waals surface area contributed by atoms with Gasteiger partial charge in [-0.3, -0.25) is 4.90 Å². The fourth-order valence-corrected chi connectivity index (χ4v) is 4.69. The van der Waals surface area contributed by atoms with Gasteiger partial charge < -0.3 is 9.42 Å². The van der Waals surface area contributed by atoms with Gasteiger partial charge in [0, 0.05) is 31.7 Å². The number of rotatable bonds is 4. The number of piperazine rings is 1. The molecule has 1 saturated heterocycles. The van der Waals surface area contributed by atoms with E-state index < -0.39 is 0 Å². The zero-order valence-electron chi connectivity index (χ0n) is 16.6. The maximum Gasteiger partial charge on any atom is 0.244 e. The summed E-state index contributed by atoms with van der Waals surface area (Å²) < 4.78 is 6.83. The van der Waals surface area contributed by atoms with Gasteiger partial charge in [0.05, 0.1) is 16.3 Å². The molecule has 0 amide bonds. The number of aryl methyl sites for hydroxylation is 1. The first-order valence-electron chi connectivity index (χ1n) is 9.92. The molecule has 0 unspecified atom stereocenters. The van der Waals surface area contributed by atoms with Crippen molar-refractivity contribution in [2.45, 2.75) is 19.9 Å². The Hall–Kier alpha value is -2.77. The summed E-state index contributed by atoms with van der Waals surface area (Å²) in [5.41, 5.74) is 3.29. The van der Waals surface area contributed by atoms with Crippen LogP contribution in [0.4, 0.5) is 5.13 Å². The molecule has 29 heavy (non-hydrogen) atoms. The van der Waals surface area contributed by atoms with Crippen molar-refractivity contribution in [3.8, 4) is 11.4 Å². The second-order valence-electron chi connectivity index (χ2n) is 7.49. The summed E-state index contributed by atoms with van der Waals surface area (Å²) in [7, 11) is 0. The molecule has 7 heteroatoms. The largest absolute Gasteiger partial charge is 0.345 e. The molecule has 2 aromatic carbocycles. The van der Waals surface area contributed by atoms with Gasteiger partial charge in [-0.2, -0.15) is 4.98 Å². The van der Waals surface area contributed by atoms with Crippen LogP contribution in [0.3, 0.4) is 0 Å². The third-order valence-electron chi connectivity index (χ3n) is 5.52. The topological polar surface area (TPSA) is 58.3 Å². The smallest absolute Gasteiger partial charge is 0.244 e. The molecule has 148 valence electrons. The molecule has 1 atom stereocenters. The summed E-state index contributed by atoms with van der Waals surface area (Å²) >= 11 is 1.77. The summed E-state index contributed by atoms with van der Waals surface area (Å²) in [6.07, 6.45) is 0. The van der Waals surface area contributed by atoms with Gasteiger partial charge in [-0.25, -0.2) is 4.98 Å². The van der Waals surface area contributed by atoms with Crippen LogP contribution in [-0.4, -0.2) is 46.2 Å². The van der Waals surface area contributed by atoms with E-state index in [9.17, 15) is 0 Å². The van der Waals surface area contributed by atoms with Gasteiger partial charge in [0.2, 0.25) is 11.7 Å². The van der Waals surface area contributed by atoms with Crippen LogP contribution in [-0.2, 0) is 0 Å². The average Bonchev–Trinajstić information content (AvgIpc) is 3.41. The van der Waals surface area contributed by atoms with E-state index in [4.69, 9.17) is 9.51 Å². The van der Waals surface area contributed by atoms with Crippen LogP contribution in [0, 0.1) is 6.92 Å². The van der Waals surface area contributed by atoms with Gasteiger partial charge in [-0.1, -0.05) is 58.5 Å². The van der Waals surface area contributed by atoms with Crippen LogP contribution < -0.4 is 4.90 Å². The Morgan fingerprint density at radius 1 is 0.966 bits per heavy atom.